The number of hydrogen-bond acceptors (Lipinski definition) is 5. The summed E-state index contributed by atoms with van der Waals surface area (Å²) in [6, 6.07) is 12.4. The molecule has 0 spiro atoms. The lowest BCUT2D eigenvalue weighted by Crippen LogP contribution is -2.09. The van der Waals surface area contributed by atoms with E-state index in [1.165, 1.54) is 18.5 Å². The predicted molar refractivity (Wildman–Crippen MR) is 110 cm³/mol. The third-order valence-corrected chi connectivity index (χ3v) is 5.00. The zero-order chi connectivity index (χ0) is 20.5. The van der Waals surface area contributed by atoms with Gasteiger partial charge < -0.3 is 13.7 Å². The Morgan fingerprint density at radius 2 is 2.00 bits per heavy atom. The summed E-state index contributed by atoms with van der Waals surface area (Å²) in [7, 11) is 0. The topological polar surface area (TPSA) is 74.6 Å². The van der Waals surface area contributed by atoms with E-state index in [0.29, 0.717) is 18.2 Å². The summed E-state index contributed by atoms with van der Waals surface area (Å²) in [5, 5.41) is 3.93. The minimum absolute atomic E-state index is 0.283. The number of hydrogen-bond donors (Lipinski definition) is 0. The zero-order valence-electron chi connectivity index (χ0n) is 16.4. The molecule has 0 aliphatic heterocycles. The van der Waals surface area contributed by atoms with Crippen LogP contribution in [0.5, 0.6) is 0 Å². The van der Waals surface area contributed by atoms with Crippen LogP contribution >= 0.6 is 0 Å². The van der Waals surface area contributed by atoms with E-state index < -0.39 is 0 Å². The number of aromatic nitrogens is 6. The first-order chi connectivity index (χ1) is 14.7. The Bertz CT molecular complexity index is 1300. The summed E-state index contributed by atoms with van der Waals surface area (Å²) in [5.41, 5.74) is 3.53. The highest BCUT2D eigenvalue weighted by Crippen LogP contribution is 2.25. The highest BCUT2D eigenvalue weighted by molar-refractivity contribution is 5.81. The first-order valence-corrected chi connectivity index (χ1v) is 9.76. The molecule has 0 radical (unpaired) electrons. The lowest BCUT2D eigenvalue weighted by molar-refractivity contribution is 0.419. The van der Waals surface area contributed by atoms with Gasteiger partial charge in [-0.05, 0) is 36.8 Å². The molecule has 0 amide bonds. The maximum Gasteiger partial charge on any atom is 0.214 e. The van der Waals surface area contributed by atoms with Crippen LogP contribution in [0.15, 0.2) is 65.8 Å². The summed E-state index contributed by atoms with van der Waals surface area (Å²) < 4.78 is 22.8. The van der Waals surface area contributed by atoms with Gasteiger partial charge in [0.25, 0.3) is 0 Å². The molecule has 8 heteroatoms. The average Bonchev–Trinajstić information content (AvgIpc) is 3.49. The Morgan fingerprint density at radius 3 is 2.80 bits per heavy atom. The number of fused-ring (bicyclic) bond motifs is 1. The van der Waals surface area contributed by atoms with E-state index in [2.05, 4.69) is 26.6 Å². The first-order valence-electron chi connectivity index (χ1n) is 9.76. The Labute approximate surface area is 171 Å². The largest absolute Gasteiger partial charge is 0.342 e. The highest BCUT2D eigenvalue weighted by Gasteiger charge is 2.15. The molecule has 7 nitrogen and oxygen atoms in total. The number of imidazole rings is 2. The third kappa shape index (κ3) is 3.26. The van der Waals surface area contributed by atoms with Crippen molar-refractivity contribution in [3.05, 3.63) is 72.9 Å². The van der Waals surface area contributed by atoms with Crippen LogP contribution in [-0.2, 0) is 13.1 Å². The second-order valence-corrected chi connectivity index (χ2v) is 7.03. The van der Waals surface area contributed by atoms with Crippen molar-refractivity contribution in [3.63, 3.8) is 0 Å². The summed E-state index contributed by atoms with van der Waals surface area (Å²) in [6.07, 6.45) is 5.90. The van der Waals surface area contributed by atoms with Gasteiger partial charge in [0.15, 0.2) is 0 Å². The van der Waals surface area contributed by atoms with Crippen LogP contribution in [-0.4, -0.2) is 29.2 Å². The Hall–Kier alpha value is -3.81. The van der Waals surface area contributed by atoms with Crippen molar-refractivity contribution < 1.29 is 8.91 Å². The maximum absolute atomic E-state index is 13.7. The fourth-order valence-electron chi connectivity index (χ4n) is 3.68. The molecule has 3 heterocycles. The van der Waals surface area contributed by atoms with Crippen LogP contribution in [0.4, 0.5) is 4.39 Å². The molecule has 0 saturated heterocycles. The minimum atomic E-state index is -0.283. The summed E-state index contributed by atoms with van der Waals surface area (Å²) in [4.78, 5) is 13.4. The molecule has 0 aliphatic rings. The van der Waals surface area contributed by atoms with Gasteiger partial charge in [0.1, 0.15) is 17.5 Å². The maximum atomic E-state index is 13.7. The van der Waals surface area contributed by atoms with Crippen LogP contribution in [0.3, 0.4) is 0 Å². The van der Waals surface area contributed by atoms with Crippen molar-refractivity contribution in [2.75, 3.05) is 0 Å². The number of rotatable bonds is 6. The van der Waals surface area contributed by atoms with Gasteiger partial charge in [0.2, 0.25) is 12.2 Å². The number of halogens is 1. The molecule has 0 fully saturated rings. The van der Waals surface area contributed by atoms with E-state index in [0.717, 1.165) is 41.0 Å². The molecule has 0 unspecified atom stereocenters. The van der Waals surface area contributed by atoms with Crippen LogP contribution in [0.25, 0.3) is 33.8 Å². The molecule has 5 aromatic rings. The SMILES string of the molecule is CCCn1c(Cn2ccnc2-c2cccc(F)c2)nc2ccc(-c3ncon3)cc21. The van der Waals surface area contributed by atoms with Crippen LogP contribution in [0.1, 0.15) is 19.2 Å². The number of nitrogens with zero attached hydrogens (tertiary/aromatic N) is 6. The molecule has 0 bridgehead atoms. The first kappa shape index (κ1) is 18.2. The van der Waals surface area contributed by atoms with Gasteiger partial charge in [0, 0.05) is 30.1 Å². The molecule has 0 atom stereocenters. The molecule has 150 valence electrons. The van der Waals surface area contributed by atoms with E-state index in [-0.39, 0.29) is 5.82 Å². The van der Waals surface area contributed by atoms with Gasteiger partial charge in [-0.2, -0.15) is 4.98 Å². The van der Waals surface area contributed by atoms with E-state index in [1.807, 2.05) is 35.0 Å². The van der Waals surface area contributed by atoms with Crippen molar-refractivity contribution in [3.8, 4) is 22.8 Å². The third-order valence-electron chi connectivity index (χ3n) is 5.00. The van der Waals surface area contributed by atoms with Crippen molar-refractivity contribution >= 4 is 11.0 Å². The van der Waals surface area contributed by atoms with Gasteiger partial charge >= 0.3 is 0 Å². The zero-order valence-corrected chi connectivity index (χ0v) is 16.4. The lowest BCUT2D eigenvalue weighted by Gasteiger charge is -2.11. The molecule has 0 saturated carbocycles. The van der Waals surface area contributed by atoms with Gasteiger partial charge in [-0.3, -0.25) is 0 Å². The molecule has 0 aliphatic carbocycles. The van der Waals surface area contributed by atoms with Gasteiger partial charge in [-0.15, -0.1) is 0 Å². The molecule has 2 aromatic carbocycles. The Balaban J connectivity index is 1.57. The van der Waals surface area contributed by atoms with Gasteiger partial charge in [-0.25, -0.2) is 14.4 Å². The van der Waals surface area contributed by atoms with Crippen molar-refractivity contribution in [2.24, 2.45) is 0 Å². The molecule has 30 heavy (non-hydrogen) atoms. The fourth-order valence-corrected chi connectivity index (χ4v) is 3.68. The van der Waals surface area contributed by atoms with Crippen LogP contribution in [0, 0.1) is 5.82 Å². The van der Waals surface area contributed by atoms with Gasteiger partial charge in [-0.1, -0.05) is 24.2 Å². The summed E-state index contributed by atoms with van der Waals surface area (Å²) in [5.74, 6) is 1.88. The van der Waals surface area contributed by atoms with Crippen molar-refractivity contribution in [1.82, 2.24) is 29.2 Å². The van der Waals surface area contributed by atoms with E-state index >= 15 is 0 Å². The standard InChI is InChI=1S/C22H19FN6O/c1-2-9-29-19-12-15(21-25-14-30-27-21)6-7-18(19)26-20(29)13-28-10-8-24-22(28)16-4-3-5-17(23)11-16/h3-8,10-12,14H,2,9,13H2,1H3. The highest BCUT2D eigenvalue weighted by atomic mass is 19.1. The number of benzene rings is 2. The Kier molecular flexibility index (Phi) is 4.59. The predicted octanol–water partition coefficient (Wildman–Crippen LogP) is 4.55. The van der Waals surface area contributed by atoms with Crippen LogP contribution < -0.4 is 0 Å². The quantitative estimate of drug-likeness (QED) is 0.417. The smallest absolute Gasteiger partial charge is 0.214 e. The van der Waals surface area contributed by atoms with Crippen molar-refractivity contribution in [1.29, 1.82) is 0 Å². The second kappa shape index (κ2) is 7.55. The molecule has 3 aromatic heterocycles. The molecular formula is C22H19FN6O. The van der Waals surface area contributed by atoms with E-state index in [4.69, 9.17) is 9.51 Å². The summed E-state index contributed by atoms with van der Waals surface area (Å²) in [6.45, 7) is 3.48. The normalized spacial score (nSPS) is 11.4. The monoisotopic (exact) mass is 402 g/mol. The second-order valence-electron chi connectivity index (χ2n) is 7.03. The number of aryl methyl sites for hydroxylation is 1. The van der Waals surface area contributed by atoms with E-state index in [9.17, 15) is 4.39 Å². The average molecular weight is 402 g/mol. The Morgan fingerprint density at radius 1 is 1.07 bits per heavy atom. The van der Waals surface area contributed by atoms with E-state index in [1.54, 1.807) is 12.3 Å². The van der Waals surface area contributed by atoms with Gasteiger partial charge in [0.05, 0.1) is 17.6 Å². The van der Waals surface area contributed by atoms with Crippen LogP contribution in [0.2, 0.25) is 0 Å². The molecule has 5 rings (SSSR count). The molecule has 0 N–H and O–H groups in total. The lowest BCUT2D eigenvalue weighted by atomic mass is 10.2. The fraction of sp³-hybridized carbons (Fsp3) is 0.182. The van der Waals surface area contributed by atoms with Crippen molar-refractivity contribution in [2.45, 2.75) is 26.4 Å². The molecular weight excluding hydrogens is 383 g/mol. The summed E-state index contributed by atoms with van der Waals surface area (Å²) >= 11 is 0. The minimum Gasteiger partial charge on any atom is -0.342 e.